The topological polar surface area (TPSA) is 69.4 Å². The Morgan fingerprint density at radius 1 is 1.20 bits per heavy atom. The lowest BCUT2D eigenvalue weighted by atomic mass is 9.81. The van der Waals surface area contributed by atoms with E-state index in [1.807, 2.05) is 12.1 Å². The number of nitrogens with two attached hydrogens (primary N) is 1. The standard InChI is InChI=1S/C16H19NO3/c1-20-15(18)10-11-2-4-12(5-3-11)13-6-8-14(9-7-13)16(17)19/h6-10,12H,2-5H2,1H3,(H2,17,19). The van der Waals surface area contributed by atoms with Crippen LogP contribution in [0.5, 0.6) is 0 Å². The van der Waals surface area contributed by atoms with Gasteiger partial charge in [0.05, 0.1) is 7.11 Å². The molecule has 0 saturated heterocycles. The number of carbonyl (C=O) groups is 2. The molecule has 0 radical (unpaired) electrons. The lowest BCUT2D eigenvalue weighted by molar-refractivity contribution is -0.134. The molecule has 1 aromatic carbocycles. The third-order valence-corrected chi connectivity index (χ3v) is 3.82. The molecule has 4 nitrogen and oxygen atoms in total. The fourth-order valence-corrected chi connectivity index (χ4v) is 2.61. The van der Waals surface area contributed by atoms with Gasteiger partial charge in [0.2, 0.25) is 5.91 Å². The average molecular weight is 273 g/mol. The van der Waals surface area contributed by atoms with Crippen molar-refractivity contribution in [3.63, 3.8) is 0 Å². The van der Waals surface area contributed by atoms with Crippen LogP contribution >= 0.6 is 0 Å². The van der Waals surface area contributed by atoms with E-state index in [-0.39, 0.29) is 5.97 Å². The summed E-state index contributed by atoms with van der Waals surface area (Å²) < 4.78 is 4.64. The van der Waals surface area contributed by atoms with Gasteiger partial charge in [-0.15, -0.1) is 0 Å². The fraction of sp³-hybridized carbons (Fsp3) is 0.375. The van der Waals surface area contributed by atoms with Crippen LogP contribution in [0.2, 0.25) is 0 Å². The van der Waals surface area contributed by atoms with Crippen LogP contribution in [0.3, 0.4) is 0 Å². The SMILES string of the molecule is COC(=O)C=C1CCC(c2ccc(C(N)=O)cc2)CC1. The molecule has 1 fully saturated rings. The molecule has 20 heavy (non-hydrogen) atoms. The monoisotopic (exact) mass is 273 g/mol. The van der Waals surface area contributed by atoms with E-state index in [1.54, 1.807) is 18.2 Å². The van der Waals surface area contributed by atoms with Crippen LogP contribution < -0.4 is 5.73 Å². The second kappa shape index (κ2) is 6.37. The summed E-state index contributed by atoms with van der Waals surface area (Å²) in [7, 11) is 1.39. The van der Waals surface area contributed by atoms with Crippen LogP contribution in [0.4, 0.5) is 0 Å². The van der Waals surface area contributed by atoms with E-state index >= 15 is 0 Å². The summed E-state index contributed by atoms with van der Waals surface area (Å²) in [4.78, 5) is 22.2. The minimum absolute atomic E-state index is 0.274. The third-order valence-electron chi connectivity index (χ3n) is 3.82. The van der Waals surface area contributed by atoms with Crippen molar-refractivity contribution in [2.75, 3.05) is 7.11 Å². The summed E-state index contributed by atoms with van der Waals surface area (Å²) in [6.07, 6.45) is 5.46. The Morgan fingerprint density at radius 3 is 2.30 bits per heavy atom. The number of amides is 1. The molecule has 1 aliphatic rings. The Morgan fingerprint density at radius 2 is 1.80 bits per heavy atom. The number of allylic oxidation sites excluding steroid dienone is 1. The minimum Gasteiger partial charge on any atom is -0.466 e. The molecule has 0 aliphatic heterocycles. The highest BCUT2D eigenvalue weighted by Crippen LogP contribution is 2.35. The zero-order valence-corrected chi connectivity index (χ0v) is 11.6. The molecule has 106 valence electrons. The van der Waals surface area contributed by atoms with Crippen LogP contribution in [0.1, 0.15) is 47.5 Å². The van der Waals surface area contributed by atoms with Gasteiger partial charge in [0, 0.05) is 11.6 Å². The molecule has 2 rings (SSSR count). The van der Waals surface area contributed by atoms with Gasteiger partial charge in [0.25, 0.3) is 0 Å². The molecule has 1 amide bonds. The van der Waals surface area contributed by atoms with Crippen molar-refractivity contribution >= 4 is 11.9 Å². The molecule has 0 bridgehead atoms. The Labute approximate surface area is 118 Å². The third kappa shape index (κ3) is 3.47. The van der Waals surface area contributed by atoms with Gasteiger partial charge in [-0.2, -0.15) is 0 Å². The summed E-state index contributed by atoms with van der Waals surface area (Å²) in [5.41, 5.74) is 8.15. The maximum absolute atomic E-state index is 11.2. The average Bonchev–Trinajstić information content (AvgIpc) is 2.48. The summed E-state index contributed by atoms with van der Waals surface area (Å²) in [5, 5.41) is 0. The molecule has 1 aromatic rings. The van der Waals surface area contributed by atoms with Gasteiger partial charge in [-0.05, 0) is 49.3 Å². The van der Waals surface area contributed by atoms with Crippen molar-refractivity contribution in [3.8, 4) is 0 Å². The summed E-state index contributed by atoms with van der Waals surface area (Å²) in [5.74, 6) is -0.195. The fourth-order valence-electron chi connectivity index (χ4n) is 2.61. The number of rotatable bonds is 3. The number of carbonyl (C=O) groups excluding carboxylic acids is 2. The zero-order valence-electron chi connectivity index (χ0n) is 11.6. The van der Waals surface area contributed by atoms with Gasteiger partial charge in [-0.1, -0.05) is 17.7 Å². The van der Waals surface area contributed by atoms with Gasteiger partial charge in [0.15, 0.2) is 0 Å². The first-order valence-electron chi connectivity index (χ1n) is 6.77. The van der Waals surface area contributed by atoms with Crippen molar-refractivity contribution in [3.05, 3.63) is 47.0 Å². The minimum atomic E-state index is -0.400. The number of primary amides is 1. The lowest BCUT2D eigenvalue weighted by Gasteiger charge is -2.24. The van der Waals surface area contributed by atoms with Crippen molar-refractivity contribution in [2.24, 2.45) is 5.73 Å². The largest absolute Gasteiger partial charge is 0.466 e. The molecule has 0 spiro atoms. The van der Waals surface area contributed by atoms with Crippen LogP contribution in [-0.2, 0) is 9.53 Å². The highest BCUT2D eigenvalue weighted by molar-refractivity contribution is 5.92. The van der Waals surface area contributed by atoms with Gasteiger partial charge >= 0.3 is 5.97 Å². The quantitative estimate of drug-likeness (QED) is 0.679. The van der Waals surface area contributed by atoms with E-state index in [9.17, 15) is 9.59 Å². The first kappa shape index (κ1) is 14.3. The maximum Gasteiger partial charge on any atom is 0.330 e. The Balaban J connectivity index is 1.98. The van der Waals surface area contributed by atoms with Crippen molar-refractivity contribution in [2.45, 2.75) is 31.6 Å². The summed E-state index contributed by atoms with van der Waals surface area (Å²) in [6.45, 7) is 0. The molecule has 2 N–H and O–H groups in total. The molecular formula is C16H19NO3. The number of esters is 1. The number of methoxy groups -OCH3 is 1. The first-order valence-corrected chi connectivity index (χ1v) is 6.77. The smallest absolute Gasteiger partial charge is 0.330 e. The zero-order chi connectivity index (χ0) is 14.5. The van der Waals surface area contributed by atoms with E-state index in [2.05, 4.69) is 4.74 Å². The summed E-state index contributed by atoms with van der Waals surface area (Å²) >= 11 is 0. The molecule has 1 saturated carbocycles. The van der Waals surface area contributed by atoms with Crippen LogP contribution in [0.15, 0.2) is 35.9 Å². The van der Waals surface area contributed by atoms with Gasteiger partial charge in [-0.3, -0.25) is 4.79 Å². The van der Waals surface area contributed by atoms with E-state index in [0.29, 0.717) is 11.5 Å². The number of hydrogen-bond acceptors (Lipinski definition) is 3. The van der Waals surface area contributed by atoms with Gasteiger partial charge < -0.3 is 10.5 Å². The Hall–Kier alpha value is -2.10. The molecule has 0 heterocycles. The number of ether oxygens (including phenoxy) is 1. The molecule has 1 aliphatic carbocycles. The van der Waals surface area contributed by atoms with E-state index in [4.69, 9.17) is 5.73 Å². The van der Waals surface area contributed by atoms with Crippen molar-refractivity contribution in [1.29, 1.82) is 0 Å². The highest BCUT2D eigenvalue weighted by Gasteiger charge is 2.19. The van der Waals surface area contributed by atoms with E-state index < -0.39 is 5.91 Å². The molecular weight excluding hydrogens is 254 g/mol. The number of hydrogen-bond donors (Lipinski definition) is 1. The van der Waals surface area contributed by atoms with Crippen LogP contribution in [0, 0.1) is 0 Å². The van der Waals surface area contributed by atoms with Crippen molar-refractivity contribution in [1.82, 2.24) is 0 Å². The molecule has 4 heteroatoms. The Bertz CT molecular complexity index is 521. The molecule has 0 atom stereocenters. The second-order valence-corrected chi connectivity index (χ2v) is 5.09. The van der Waals surface area contributed by atoms with Crippen LogP contribution in [-0.4, -0.2) is 19.0 Å². The summed E-state index contributed by atoms with van der Waals surface area (Å²) in [6, 6.07) is 7.49. The Kier molecular flexibility index (Phi) is 4.56. The molecule has 0 aromatic heterocycles. The van der Waals surface area contributed by atoms with Gasteiger partial charge in [0.1, 0.15) is 0 Å². The second-order valence-electron chi connectivity index (χ2n) is 5.09. The van der Waals surface area contributed by atoms with E-state index in [1.165, 1.54) is 12.7 Å². The molecule has 0 unspecified atom stereocenters. The maximum atomic E-state index is 11.2. The predicted octanol–water partition coefficient (Wildman–Crippen LogP) is 2.54. The van der Waals surface area contributed by atoms with E-state index in [0.717, 1.165) is 31.3 Å². The van der Waals surface area contributed by atoms with Gasteiger partial charge in [-0.25, -0.2) is 4.79 Å². The van der Waals surface area contributed by atoms with Crippen LogP contribution in [0.25, 0.3) is 0 Å². The van der Waals surface area contributed by atoms with Crippen molar-refractivity contribution < 1.29 is 14.3 Å². The predicted molar refractivity (Wildman–Crippen MR) is 76.3 cm³/mol. The number of benzene rings is 1. The lowest BCUT2D eigenvalue weighted by Crippen LogP contribution is -2.12. The first-order chi connectivity index (χ1) is 9.60. The normalized spacial score (nSPS) is 18.4. The highest BCUT2D eigenvalue weighted by atomic mass is 16.5.